The van der Waals surface area contributed by atoms with E-state index in [9.17, 15) is 13.2 Å². The van der Waals surface area contributed by atoms with Crippen molar-refractivity contribution in [2.75, 3.05) is 13.6 Å². The van der Waals surface area contributed by atoms with Gasteiger partial charge in [0, 0.05) is 7.05 Å². The van der Waals surface area contributed by atoms with Gasteiger partial charge in [-0.15, -0.1) is 0 Å². The van der Waals surface area contributed by atoms with Gasteiger partial charge in [-0.2, -0.15) is 4.31 Å². The van der Waals surface area contributed by atoms with Gasteiger partial charge in [-0.1, -0.05) is 48.5 Å². The molecule has 5 nitrogen and oxygen atoms in total. The number of nitrogens with zero attached hydrogens (tertiary/aromatic N) is 1. The Hall–Kier alpha value is -2.18. The Balaban J connectivity index is 1.70. The molecule has 0 bridgehead atoms. The van der Waals surface area contributed by atoms with E-state index >= 15 is 0 Å². The summed E-state index contributed by atoms with van der Waals surface area (Å²) in [6.07, 6.45) is 2.79. The fraction of sp³-hybridized carbons (Fsp3) is 0.316. The first-order chi connectivity index (χ1) is 11.9. The Labute approximate surface area is 148 Å². The summed E-state index contributed by atoms with van der Waals surface area (Å²) in [6.45, 7) is -0.203. The third-order valence-corrected chi connectivity index (χ3v) is 6.55. The molecule has 1 saturated carbocycles. The molecule has 0 aliphatic heterocycles. The quantitative estimate of drug-likeness (QED) is 0.863. The maximum Gasteiger partial charge on any atom is 0.243 e. The summed E-state index contributed by atoms with van der Waals surface area (Å²) < 4.78 is 26.2. The van der Waals surface area contributed by atoms with Crippen molar-refractivity contribution in [1.82, 2.24) is 9.62 Å². The van der Waals surface area contributed by atoms with Crippen molar-refractivity contribution in [3.63, 3.8) is 0 Å². The van der Waals surface area contributed by atoms with E-state index in [0.717, 1.165) is 29.1 Å². The number of carbonyl (C=O) groups excluding carboxylic acids is 1. The highest BCUT2D eigenvalue weighted by Crippen LogP contribution is 2.41. The molecular weight excluding hydrogens is 336 g/mol. The second-order valence-corrected chi connectivity index (χ2v) is 8.47. The molecule has 0 saturated heterocycles. The maximum atomic E-state index is 12.5. The first-order valence-electron chi connectivity index (χ1n) is 8.32. The van der Waals surface area contributed by atoms with Crippen molar-refractivity contribution in [3.05, 3.63) is 66.2 Å². The van der Waals surface area contributed by atoms with Crippen LogP contribution in [-0.4, -0.2) is 32.2 Å². The zero-order chi connectivity index (χ0) is 17.9. The molecule has 0 aromatic heterocycles. The van der Waals surface area contributed by atoms with Crippen LogP contribution in [0.25, 0.3) is 0 Å². The Morgan fingerprint density at radius 1 is 1.04 bits per heavy atom. The van der Waals surface area contributed by atoms with E-state index < -0.39 is 10.0 Å². The maximum absolute atomic E-state index is 12.5. The number of amides is 1. The second kappa shape index (κ2) is 6.98. The van der Waals surface area contributed by atoms with Gasteiger partial charge >= 0.3 is 0 Å². The van der Waals surface area contributed by atoms with E-state index in [-0.39, 0.29) is 22.9 Å². The van der Waals surface area contributed by atoms with E-state index in [4.69, 9.17) is 0 Å². The van der Waals surface area contributed by atoms with Crippen LogP contribution in [0, 0.1) is 0 Å². The lowest BCUT2D eigenvalue weighted by Gasteiger charge is -2.43. The van der Waals surface area contributed by atoms with Gasteiger partial charge in [0.2, 0.25) is 15.9 Å². The SMILES string of the molecule is CN(CC(=O)NC1(c2ccccc2)CCC1)S(=O)(=O)c1ccccc1. The fourth-order valence-electron chi connectivity index (χ4n) is 3.14. The minimum atomic E-state index is -3.67. The summed E-state index contributed by atoms with van der Waals surface area (Å²) in [5, 5.41) is 3.06. The number of nitrogens with one attached hydrogen (secondary N) is 1. The molecule has 132 valence electrons. The van der Waals surface area contributed by atoms with E-state index in [0.29, 0.717) is 0 Å². The van der Waals surface area contributed by atoms with E-state index in [2.05, 4.69) is 5.32 Å². The monoisotopic (exact) mass is 358 g/mol. The van der Waals surface area contributed by atoms with Crippen LogP contribution in [0.4, 0.5) is 0 Å². The van der Waals surface area contributed by atoms with Gasteiger partial charge in [-0.05, 0) is 37.0 Å². The third kappa shape index (κ3) is 3.60. The predicted octanol–water partition coefficient (Wildman–Crippen LogP) is 2.50. The normalized spacial score (nSPS) is 16.2. The highest BCUT2D eigenvalue weighted by atomic mass is 32.2. The van der Waals surface area contributed by atoms with Crippen LogP contribution in [0.1, 0.15) is 24.8 Å². The molecule has 2 aromatic rings. The molecule has 1 N–H and O–H groups in total. The van der Waals surface area contributed by atoms with Crippen molar-refractivity contribution in [3.8, 4) is 0 Å². The summed E-state index contributed by atoms with van der Waals surface area (Å²) in [7, 11) is -2.24. The van der Waals surface area contributed by atoms with Crippen LogP contribution < -0.4 is 5.32 Å². The molecule has 1 amide bonds. The van der Waals surface area contributed by atoms with Crippen LogP contribution in [0.2, 0.25) is 0 Å². The molecular formula is C19H22N2O3S. The Kier molecular flexibility index (Phi) is 4.92. The molecule has 0 atom stereocenters. The number of carbonyl (C=O) groups is 1. The Bertz CT molecular complexity index is 831. The summed E-state index contributed by atoms with van der Waals surface area (Å²) in [5.41, 5.74) is 0.707. The standard InChI is InChI=1S/C19H22N2O3S/c1-21(25(23,24)17-11-6-3-7-12-17)15-18(22)20-19(13-8-14-19)16-9-4-2-5-10-16/h2-7,9-12H,8,13-15H2,1H3,(H,20,22). The van der Waals surface area contributed by atoms with E-state index in [1.807, 2.05) is 30.3 Å². The molecule has 25 heavy (non-hydrogen) atoms. The lowest BCUT2D eigenvalue weighted by atomic mass is 9.72. The Morgan fingerprint density at radius 2 is 1.60 bits per heavy atom. The molecule has 3 rings (SSSR count). The second-order valence-electron chi connectivity index (χ2n) is 6.42. The highest BCUT2D eigenvalue weighted by molar-refractivity contribution is 7.89. The number of hydrogen-bond acceptors (Lipinski definition) is 3. The van der Waals surface area contributed by atoms with Gasteiger partial charge in [0.1, 0.15) is 0 Å². The smallest absolute Gasteiger partial charge is 0.243 e. The summed E-state index contributed by atoms with van der Waals surface area (Å²) >= 11 is 0. The van der Waals surface area contributed by atoms with Crippen molar-refractivity contribution >= 4 is 15.9 Å². The molecule has 0 heterocycles. The minimum absolute atomic E-state index is 0.187. The molecule has 6 heteroatoms. The Morgan fingerprint density at radius 3 is 2.12 bits per heavy atom. The fourth-order valence-corrected chi connectivity index (χ4v) is 4.29. The minimum Gasteiger partial charge on any atom is -0.345 e. The molecule has 1 aliphatic carbocycles. The molecule has 2 aromatic carbocycles. The number of hydrogen-bond donors (Lipinski definition) is 1. The lowest BCUT2D eigenvalue weighted by molar-refractivity contribution is -0.124. The first-order valence-corrected chi connectivity index (χ1v) is 9.76. The summed E-state index contributed by atoms with van der Waals surface area (Å²) in [4.78, 5) is 12.7. The van der Waals surface area contributed by atoms with Gasteiger partial charge in [-0.25, -0.2) is 8.42 Å². The summed E-state index contributed by atoms with van der Waals surface area (Å²) in [5.74, 6) is -0.287. The molecule has 0 radical (unpaired) electrons. The first kappa shape index (κ1) is 17.6. The topological polar surface area (TPSA) is 66.5 Å². The third-order valence-electron chi connectivity index (χ3n) is 4.73. The molecule has 0 unspecified atom stereocenters. The van der Waals surface area contributed by atoms with Crippen LogP contribution >= 0.6 is 0 Å². The van der Waals surface area contributed by atoms with E-state index in [1.165, 1.54) is 19.2 Å². The van der Waals surface area contributed by atoms with Crippen molar-refractivity contribution in [1.29, 1.82) is 0 Å². The molecule has 1 fully saturated rings. The zero-order valence-electron chi connectivity index (χ0n) is 14.2. The average molecular weight is 358 g/mol. The van der Waals surface area contributed by atoms with Crippen LogP contribution in [-0.2, 0) is 20.4 Å². The largest absolute Gasteiger partial charge is 0.345 e. The van der Waals surface area contributed by atoms with Crippen LogP contribution in [0.3, 0.4) is 0 Å². The number of rotatable bonds is 6. The molecule has 1 aliphatic rings. The van der Waals surface area contributed by atoms with E-state index in [1.54, 1.807) is 18.2 Å². The van der Waals surface area contributed by atoms with Gasteiger partial charge in [0.05, 0.1) is 17.0 Å². The van der Waals surface area contributed by atoms with Crippen molar-refractivity contribution < 1.29 is 13.2 Å². The van der Waals surface area contributed by atoms with Gasteiger partial charge in [0.25, 0.3) is 0 Å². The lowest BCUT2D eigenvalue weighted by Crippen LogP contribution is -2.53. The number of likely N-dealkylation sites (N-methyl/N-ethyl adjacent to an activating group) is 1. The van der Waals surface area contributed by atoms with Crippen LogP contribution in [0.15, 0.2) is 65.6 Å². The predicted molar refractivity (Wildman–Crippen MR) is 96.4 cm³/mol. The zero-order valence-corrected chi connectivity index (χ0v) is 15.0. The van der Waals surface area contributed by atoms with Gasteiger partial charge < -0.3 is 5.32 Å². The van der Waals surface area contributed by atoms with Gasteiger partial charge in [-0.3, -0.25) is 4.79 Å². The van der Waals surface area contributed by atoms with Crippen molar-refractivity contribution in [2.24, 2.45) is 0 Å². The van der Waals surface area contributed by atoms with Crippen molar-refractivity contribution in [2.45, 2.75) is 29.7 Å². The summed E-state index contributed by atoms with van der Waals surface area (Å²) in [6, 6.07) is 18.0. The number of sulfonamides is 1. The average Bonchev–Trinajstić information content (AvgIpc) is 2.59. The van der Waals surface area contributed by atoms with Crippen LogP contribution in [0.5, 0.6) is 0 Å². The molecule has 0 spiro atoms. The number of benzene rings is 2. The van der Waals surface area contributed by atoms with Gasteiger partial charge in [0.15, 0.2) is 0 Å². The highest BCUT2D eigenvalue weighted by Gasteiger charge is 2.40.